The SMILES string of the molecule is CCCN(CCC)C(=O)CCN(Cc1ccco1)C(C)=O. The smallest absolute Gasteiger partial charge is 0.224 e. The van der Waals surface area contributed by atoms with Gasteiger partial charge in [0.15, 0.2) is 0 Å². The van der Waals surface area contributed by atoms with Crippen LogP contribution in [0.15, 0.2) is 22.8 Å². The molecule has 0 aliphatic rings. The maximum absolute atomic E-state index is 12.2. The maximum atomic E-state index is 12.2. The summed E-state index contributed by atoms with van der Waals surface area (Å²) in [6.45, 7) is 8.05. The molecule has 1 heterocycles. The Bertz CT molecular complexity index is 423. The van der Waals surface area contributed by atoms with Crippen LogP contribution < -0.4 is 0 Å². The summed E-state index contributed by atoms with van der Waals surface area (Å²) in [6, 6.07) is 3.63. The molecule has 118 valence electrons. The third-order valence-electron chi connectivity index (χ3n) is 3.31. The van der Waals surface area contributed by atoms with Crippen molar-refractivity contribution in [3.05, 3.63) is 24.2 Å². The molecule has 5 heteroatoms. The van der Waals surface area contributed by atoms with Crippen LogP contribution in [0.3, 0.4) is 0 Å². The Labute approximate surface area is 126 Å². The number of nitrogens with zero attached hydrogens (tertiary/aromatic N) is 2. The Morgan fingerprint density at radius 1 is 1.10 bits per heavy atom. The molecular formula is C16H26N2O3. The number of carbonyl (C=O) groups excluding carboxylic acids is 2. The molecule has 1 aromatic rings. The summed E-state index contributed by atoms with van der Waals surface area (Å²) in [5.74, 6) is 0.803. The van der Waals surface area contributed by atoms with Crippen molar-refractivity contribution in [3.63, 3.8) is 0 Å². The highest BCUT2D eigenvalue weighted by Crippen LogP contribution is 2.07. The van der Waals surface area contributed by atoms with Crippen LogP contribution in [0.4, 0.5) is 0 Å². The quantitative estimate of drug-likeness (QED) is 0.703. The minimum Gasteiger partial charge on any atom is -0.467 e. The highest BCUT2D eigenvalue weighted by Gasteiger charge is 2.16. The van der Waals surface area contributed by atoms with Crippen LogP contribution in [0.2, 0.25) is 0 Å². The Balaban J connectivity index is 2.51. The normalized spacial score (nSPS) is 10.4. The average Bonchev–Trinajstić information content (AvgIpc) is 2.95. The molecule has 0 unspecified atom stereocenters. The fraction of sp³-hybridized carbons (Fsp3) is 0.625. The lowest BCUT2D eigenvalue weighted by molar-refractivity contribution is -0.134. The first-order valence-electron chi connectivity index (χ1n) is 7.64. The zero-order chi connectivity index (χ0) is 15.7. The molecule has 0 bridgehead atoms. The molecule has 1 rings (SSSR count). The third-order valence-corrected chi connectivity index (χ3v) is 3.31. The molecule has 0 radical (unpaired) electrons. The van der Waals surface area contributed by atoms with E-state index >= 15 is 0 Å². The molecule has 0 aliphatic heterocycles. The summed E-state index contributed by atoms with van der Waals surface area (Å²) in [6.07, 6.45) is 3.85. The number of rotatable bonds is 9. The lowest BCUT2D eigenvalue weighted by Crippen LogP contribution is -2.36. The van der Waals surface area contributed by atoms with Crippen LogP contribution in [-0.4, -0.2) is 41.2 Å². The third kappa shape index (κ3) is 6.02. The first kappa shape index (κ1) is 17.3. The highest BCUT2D eigenvalue weighted by molar-refractivity contribution is 5.78. The molecule has 0 fully saturated rings. The molecule has 2 amide bonds. The van der Waals surface area contributed by atoms with Crippen LogP contribution in [0.25, 0.3) is 0 Å². The summed E-state index contributed by atoms with van der Waals surface area (Å²) < 4.78 is 5.26. The molecule has 21 heavy (non-hydrogen) atoms. The largest absolute Gasteiger partial charge is 0.467 e. The monoisotopic (exact) mass is 294 g/mol. The van der Waals surface area contributed by atoms with Crippen molar-refractivity contribution in [1.82, 2.24) is 9.80 Å². The van der Waals surface area contributed by atoms with E-state index in [0.29, 0.717) is 19.5 Å². The fourth-order valence-corrected chi connectivity index (χ4v) is 2.23. The molecule has 1 aromatic heterocycles. The van der Waals surface area contributed by atoms with E-state index in [1.165, 1.54) is 6.92 Å². The van der Waals surface area contributed by atoms with Crippen LogP contribution in [0, 0.1) is 0 Å². The molecule has 0 N–H and O–H groups in total. The van der Waals surface area contributed by atoms with Gasteiger partial charge in [-0.3, -0.25) is 9.59 Å². The van der Waals surface area contributed by atoms with Gasteiger partial charge in [-0.15, -0.1) is 0 Å². The summed E-state index contributed by atoms with van der Waals surface area (Å²) in [7, 11) is 0. The molecule has 5 nitrogen and oxygen atoms in total. The molecule has 0 saturated heterocycles. The number of hydrogen-bond acceptors (Lipinski definition) is 3. The predicted octanol–water partition coefficient (Wildman–Crippen LogP) is 2.67. The fourth-order valence-electron chi connectivity index (χ4n) is 2.23. The summed E-state index contributed by atoms with van der Waals surface area (Å²) in [4.78, 5) is 27.4. The van der Waals surface area contributed by atoms with Gasteiger partial charge in [-0.05, 0) is 25.0 Å². The summed E-state index contributed by atoms with van der Waals surface area (Å²) in [5.41, 5.74) is 0. The van der Waals surface area contributed by atoms with Crippen LogP contribution in [0.5, 0.6) is 0 Å². The Morgan fingerprint density at radius 2 is 1.76 bits per heavy atom. The van der Waals surface area contributed by atoms with E-state index in [1.807, 2.05) is 11.0 Å². The molecule has 0 saturated carbocycles. The summed E-state index contributed by atoms with van der Waals surface area (Å²) in [5, 5.41) is 0. The average molecular weight is 294 g/mol. The van der Waals surface area contributed by atoms with Crippen molar-refractivity contribution in [3.8, 4) is 0 Å². The zero-order valence-electron chi connectivity index (χ0n) is 13.3. The van der Waals surface area contributed by atoms with E-state index in [0.717, 1.165) is 31.7 Å². The van der Waals surface area contributed by atoms with Crippen molar-refractivity contribution < 1.29 is 14.0 Å². The maximum Gasteiger partial charge on any atom is 0.224 e. The first-order valence-corrected chi connectivity index (χ1v) is 7.64. The van der Waals surface area contributed by atoms with Crippen molar-refractivity contribution in [2.75, 3.05) is 19.6 Å². The van der Waals surface area contributed by atoms with Crippen molar-refractivity contribution >= 4 is 11.8 Å². The molecular weight excluding hydrogens is 268 g/mol. The Hall–Kier alpha value is -1.78. The van der Waals surface area contributed by atoms with Gasteiger partial charge >= 0.3 is 0 Å². The van der Waals surface area contributed by atoms with Gasteiger partial charge in [0.2, 0.25) is 11.8 Å². The molecule has 0 aromatic carbocycles. The van der Waals surface area contributed by atoms with Crippen molar-refractivity contribution in [2.45, 2.75) is 46.6 Å². The molecule has 0 atom stereocenters. The van der Waals surface area contributed by atoms with Gasteiger partial charge in [-0.25, -0.2) is 0 Å². The standard InChI is InChI=1S/C16H26N2O3/c1-4-9-17(10-5-2)16(20)8-11-18(14(3)19)13-15-7-6-12-21-15/h6-7,12H,4-5,8-11,13H2,1-3H3. The number of amides is 2. The molecule has 0 spiro atoms. The lowest BCUT2D eigenvalue weighted by atomic mass is 10.2. The second-order valence-electron chi connectivity index (χ2n) is 5.15. The van der Waals surface area contributed by atoms with Gasteiger partial charge in [0.25, 0.3) is 0 Å². The highest BCUT2D eigenvalue weighted by atomic mass is 16.3. The van der Waals surface area contributed by atoms with Gasteiger partial charge < -0.3 is 14.2 Å². The Kier molecular flexibility index (Phi) is 7.58. The lowest BCUT2D eigenvalue weighted by Gasteiger charge is -2.24. The van der Waals surface area contributed by atoms with Crippen LogP contribution >= 0.6 is 0 Å². The van der Waals surface area contributed by atoms with Gasteiger partial charge in [-0.1, -0.05) is 13.8 Å². The van der Waals surface area contributed by atoms with E-state index in [-0.39, 0.29) is 11.8 Å². The molecule has 0 aliphatic carbocycles. The second-order valence-corrected chi connectivity index (χ2v) is 5.15. The zero-order valence-corrected chi connectivity index (χ0v) is 13.3. The van der Waals surface area contributed by atoms with E-state index < -0.39 is 0 Å². The van der Waals surface area contributed by atoms with Gasteiger partial charge in [0, 0.05) is 33.0 Å². The van der Waals surface area contributed by atoms with Gasteiger partial charge in [0.1, 0.15) is 5.76 Å². The minimum atomic E-state index is -0.0447. The topological polar surface area (TPSA) is 53.8 Å². The Morgan fingerprint density at radius 3 is 2.24 bits per heavy atom. The van der Waals surface area contributed by atoms with Crippen molar-refractivity contribution in [1.29, 1.82) is 0 Å². The van der Waals surface area contributed by atoms with E-state index in [4.69, 9.17) is 4.42 Å². The van der Waals surface area contributed by atoms with Gasteiger partial charge in [-0.2, -0.15) is 0 Å². The van der Waals surface area contributed by atoms with E-state index in [2.05, 4.69) is 13.8 Å². The predicted molar refractivity (Wildman–Crippen MR) is 81.6 cm³/mol. The van der Waals surface area contributed by atoms with Crippen LogP contribution in [0.1, 0.15) is 45.8 Å². The van der Waals surface area contributed by atoms with Crippen molar-refractivity contribution in [2.24, 2.45) is 0 Å². The van der Waals surface area contributed by atoms with Gasteiger partial charge in [0.05, 0.1) is 12.8 Å². The first-order chi connectivity index (χ1) is 10.1. The van der Waals surface area contributed by atoms with Crippen LogP contribution in [-0.2, 0) is 16.1 Å². The number of carbonyl (C=O) groups is 2. The number of hydrogen-bond donors (Lipinski definition) is 0. The van der Waals surface area contributed by atoms with E-state index in [1.54, 1.807) is 17.2 Å². The number of furan rings is 1. The second kappa shape index (κ2) is 9.21. The summed E-state index contributed by atoms with van der Waals surface area (Å²) >= 11 is 0. The minimum absolute atomic E-state index is 0.0447. The van der Waals surface area contributed by atoms with E-state index in [9.17, 15) is 9.59 Å².